The molecular formula is C16H15F2NOS. The van der Waals surface area contributed by atoms with Crippen molar-refractivity contribution in [3.05, 3.63) is 59.7 Å². The lowest BCUT2D eigenvalue weighted by Crippen LogP contribution is -2.22. The summed E-state index contributed by atoms with van der Waals surface area (Å²) in [4.78, 5) is 12.6. The van der Waals surface area contributed by atoms with Crippen LogP contribution in [-0.4, -0.2) is 11.2 Å². The van der Waals surface area contributed by atoms with Crippen molar-refractivity contribution in [2.45, 2.75) is 24.0 Å². The third kappa shape index (κ3) is 4.29. The first kappa shape index (κ1) is 15.5. The van der Waals surface area contributed by atoms with E-state index < -0.39 is 16.9 Å². The molecule has 0 bridgehead atoms. The molecule has 0 aliphatic rings. The van der Waals surface area contributed by atoms with Gasteiger partial charge in [-0.05, 0) is 44.2 Å². The molecule has 0 radical (unpaired) electrons. The van der Waals surface area contributed by atoms with Crippen molar-refractivity contribution in [1.29, 1.82) is 0 Å². The van der Waals surface area contributed by atoms with Crippen LogP contribution in [0.4, 0.5) is 14.5 Å². The van der Waals surface area contributed by atoms with E-state index in [0.29, 0.717) is 10.6 Å². The van der Waals surface area contributed by atoms with Gasteiger partial charge in [0.2, 0.25) is 5.91 Å². The van der Waals surface area contributed by atoms with Crippen LogP contribution in [0.2, 0.25) is 0 Å². The van der Waals surface area contributed by atoms with Crippen molar-refractivity contribution in [3.63, 3.8) is 0 Å². The van der Waals surface area contributed by atoms with Crippen molar-refractivity contribution >= 4 is 23.4 Å². The van der Waals surface area contributed by atoms with Gasteiger partial charge in [0.25, 0.3) is 0 Å². The average molecular weight is 307 g/mol. The zero-order chi connectivity index (χ0) is 15.4. The molecule has 0 saturated carbocycles. The van der Waals surface area contributed by atoms with E-state index in [9.17, 15) is 13.6 Å². The Bertz CT molecular complexity index is 643. The number of carbonyl (C=O) groups excluding carboxylic acids is 1. The Balaban J connectivity index is 1.98. The van der Waals surface area contributed by atoms with E-state index in [0.717, 1.165) is 17.7 Å². The summed E-state index contributed by atoms with van der Waals surface area (Å²) < 4.78 is 26.0. The monoisotopic (exact) mass is 307 g/mol. The highest BCUT2D eigenvalue weighted by Gasteiger charge is 2.15. The molecule has 110 valence electrons. The quantitative estimate of drug-likeness (QED) is 0.849. The van der Waals surface area contributed by atoms with Gasteiger partial charge in [0.15, 0.2) is 11.6 Å². The summed E-state index contributed by atoms with van der Waals surface area (Å²) in [5.41, 5.74) is 1.82. The van der Waals surface area contributed by atoms with Gasteiger partial charge < -0.3 is 5.32 Å². The summed E-state index contributed by atoms with van der Waals surface area (Å²) in [6.07, 6.45) is 0. The molecule has 0 saturated heterocycles. The van der Waals surface area contributed by atoms with E-state index in [2.05, 4.69) is 5.32 Å². The fraction of sp³-hybridized carbons (Fsp3) is 0.188. The number of carbonyl (C=O) groups is 1. The first-order chi connectivity index (χ1) is 9.95. The predicted octanol–water partition coefficient (Wildman–Crippen LogP) is 4.39. The molecule has 0 heterocycles. The van der Waals surface area contributed by atoms with Gasteiger partial charge in [-0.2, -0.15) is 0 Å². The number of rotatable bonds is 4. The van der Waals surface area contributed by atoms with Crippen molar-refractivity contribution in [2.24, 2.45) is 0 Å². The molecule has 2 aromatic rings. The molecule has 5 heteroatoms. The summed E-state index contributed by atoms with van der Waals surface area (Å²) in [7, 11) is 0. The molecule has 1 atom stereocenters. The minimum Gasteiger partial charge on any atom is -0.325 e. The van der Waals surface area contributed by atoms with Crippen LogP contribution >= 0.6 is 11.8 Å². The topological polar surface area (TPSA) is 29.1 Å². The lowest BCUT2D eigenvalue weighted by atomic mass is 10.2. The summed E-state index contributed by atoms with van der Waals surface area (Å²) in [5.74, 6) is -1.99. The van der Waals surface area contributed by atoms with Crippen molar-refractivity contribution in [1.82, 2.24) is 0 Å². The molecule has 0 fully saturated rings. The maximum Gasteiger partial charge on any atom is 0.237 e. The largest absolute Gasteiger partial charge is 0.325 e. The van der Waals surface area contributed by atoms with Crippen LogP contribution in [0.5, 0.6) is 0 Å². The molecule has 0 unspecified atom stereocenters. The second-order valence-electron chi connectivity index (χ2n) is 4.69. The Morgan fingerprint density at radius 3 is 2.38 bits per heavy atom. The molecule has 2 aromatic carbocycles. The van der Waals surface area contributed by atoms with Gasteiger partial charge in [-0.15, -0.1) is 11.8 Å². The van der Waals surface area contributed by atoms with Gasteiger partial charge in [0.05, 0.1) is 5.25 Å². The summed E-state index contributed by atoms with van der Waals surface area (Å²) in [6, 6.07) is 11.1. The number of hydrogen-bond acceptors (Lipinski definition) is 2. The van der Waals surface area contributed by atoms with E-state index in [1.165, 1.54) is 17.8 Å². The molecule has 0 spiro atoms. The third-order valence-corrected chi connectivity index (χ3v) is 3.99. The van der Waals surface area contributed by atoms with Crippen molar-refractivity contribution < 1.29 is 13.6 Å². The second-order valence-corrected chi connectivity index (χ2v) is 6.11. The van der Waals surface area contributed by atoms with E-state index >= 15 is 0 Å². The van der Waals surface area contributed by atoms with Gasteiger partial charge in [0, 0.05) is 10.6 Å². The zero-order valence-electron chi connectivity index (χ0n) is 11.7. The van der Waals surface area contributed by atoms with E-state index in [4.69, 9.17) is 0 Å². The highest BCUT2D eigenvalue weighted by molar-refractivity contribution is 8.00. The van der Waals surface area contributed by atoms with Crippen LogP contribution in [0.15, 0.2) is 47.4 Å². The fourth-order valence-corrected chi connectivity index (χ4v) is 2.58. The molecular weight excluding hydrogens is 292 g/mol. The number of halogens is 2. The number of aryl methyl sites for hydroxylation is 1. The number of amides is 1. The Hall–Kier alpha value is -1.88. The molecule has 1 N–H and O–H groups in total. The predicted molar refractivity (Wildman–Crippen MR) is 81.5 cm³/mol. The standard InChI is InChI=1S/C16H15F2NOS/c1-10-3-5-12(6-4-10)19-16(20)11(2)21-13-7-8-14(17)15(18)9-13/h3-9,11H,1-2H3,(H,19,20)/t11-/m1/s1. The SMILES string of the molecule is Cc1ccc(NC(=O)[C@@H](C)Sc2ccc(F)c(F)c2)cc1. The first-order valence-corrected chi connectivity index (χ1v) is 7.33. The van der Waals surface area contributed by atoms with E-state index in [1.807, 2.05) is 31.2 Å². The highest BCUT2D eigenvalue weighted by atomic mass is 32.2. The number of hydrogen-bond donors (Lipinski definition) is 1. The van der Waals surface area contributed by atoms with Crippen LogP contribution in [-0.2, 0) is 4.79 Å². The molecule has 0 aliphatic carbocycles. The average Bonchev–Trinajstić information content (AvgIpc) is 2.45. The van der Waals surface area contributed by atoms with Gasteiger partial charge in [0.1, 0.15) is 0 Å². The maximum absolute atomic E-state index is 13.1. The van der Waals surface area contributed by atoms with E-state index in [-0.39, 0.29) is 5.91 Å². The van der Waals surface area contributed by atoms with Gasteiger partial charge in [-0.1, -0.05) is 17.7 Å². The number of benzene rings is 2. The van der Waals surface area contributed by atoms with Crippen molar-refractivity contribution in [3.8, 4) is 0 Å². The second kappa shape index (κ2) is 6.72. The normalized spacial score (nSPS) is 12.0. The zero-order valence-corrected chi connectivity index (χ0v) is 12.5. The van der Waals surface area contributed by atoms with Gasteiger partial charge in [-0.25, -0.2) is 8.78 Å². The van der Waals surface area contributed by atoms with Gasteiger partial charge in [-0.3, -0.25) is 4.79 Å². The fourth-order valence-electron chi connectivity index (χ4n) is 1.69. The number of nitrogens with one attached hydrogen (secondary N) is 1. The van der Waals surface area contributed by atoms with Crippen LogP contribution in [0, 0.1) is 18.6 Å². The van der Waals surface area contributed by atoms with Crippen LogP contribution in [0.3, 0.4) is 0 Å². The highest BCUT2D eigenvalue weighted by Crippen LogP contribution is 2.25. The number of thioether (sulfide) groups is 1. The first-order valence-electron chi connectivity index (χ1n) is 6.45. The van der Waals surface area contributed by atoms with Crippen LogP contribution in [0.25, 0.3) is 0 Å². The Morgan fingerprint density at radius 1 is 1.10 bits per heavy atom. The molecule has 1 amide bonds. The maximum atomic E-state index is 13.1. The summed E-state index contributed by atoms with van der Waals surface area (Å²) in [5, 5.41) is 2.37. The minimum atomic E-state index is -0.911. The van der Waals surface area contributed by atoms with Crippen molar-refractivity contribution in [2.75, 3.05) is 5.32 Å². The smallest absolute Gasteiger partial charge is 0.237 e. The molecule has 0 aromatic heterocycles. The third-order valence-electron chi connectivity index (χ3n) is 2.89. The molecule has 21 heavy (non-hydrogen) atoms. The number of anilines is 1. The van der Waals surface area contributed by atoms with Crippen LogP contribution < -0.4 is 5.32 Å². The van der Waals surface area contributed by atoms with Crippen LogP contribution in [0.1, 0.15) is 12.5 Å². The molecule has 0 aliphatic heterocycles. The molecule has 2 nitrogen and oxygen atoms in total. The Kier molecular flexibility index (Phi) is 4.96. The Labute approximate surface area is 126 Å². The lowest BCUT2D eigenvalue weighted by molar-refractivity contribution is -0.115. The van der Waals surface area contributed by atoms with E-state index in [1.54, 1.807) is 6.92 Å². The lowest BCUT2D eigenvalue weighted by Gasteiger charge is -2.12. The minimum absolute atomic E-state index is 0.186. The Morgan fingerprint density at radius 2 is 1.76 bits per heavy atom. The summed E-state index contributed by atoms with van der Waals surface area (Å²) in [6.45, 7) is 3.68. The molecule has 2 rings (SSSR count). The van der Waals surface area contributed by atoms with Gasteiger partial charge >= 0.3 is 0 Å². The summed E-state index contributed by atoms with van der Waals surface area (Å²) >= 11 is 1.18.